The molecule has 0 spiro atoms. The van der Waals surface area contributed by atoms with Crippen molar-refractivity contribution in [3.8, 4) is 5.88 Å². The van der Waals surface area contributed by atoms with Gasteiger partial charge in [0.25, 0.3) is 5.91 Å². The van der Waals surface area contributed by atoms with Gasteiger partial charge in [0.2, 0.25) is 5.88 Å². The fraction of sp³-hybridized carbons (Fsp3) is 0.423. The van der Waals surface area contributed by atoms with Gasteiger partial charge >= 0.3 is 6.18 Å². The second kappa shape index (κ2) is 11.0. The van der Waals surface area contributed by atoms with Crippen LogP contribution in [0.4, 0.5) is 13.2 Å². The fourth-order valence-electron chi connectivity index (χ4n) is 4.32. The Morgan fingerprint density at radius 1 is 1.27 bits per heavy atom. The molecule has 2 atom stereocenters. The molecule has 37 heavy (non-hydrogen) atoms. The largest absolute Gasteiger partial charge is 0.472 e. The van der Waals surface area contributed by atoms with E-state index in [1.807, 2.05) is 17.9 Å². The van der Waals surface area contributed by atoms with Crippen LogP contribution in [0.3, 0.4) is 0 Å². The first-order valence-corrected chi connectivity index (χ1v) is 11.9. The Kier molecular flexibility index (Phi) is 7.96. The molecular weight excluding hydrogens is 489 g/mol. The molecule has 1 fully saturated rings. The van der Waals surface area contributed by atoms with Crippen LogP contribution in [0.2, 0.25) is 0 Å². The molecule has 0 bridgehead atoms. The summed E-state index contributed by atoms with van der Waals surface area (Å²) in [7, 11) is 0. The quantitative estimate of drug-likeness (QED) is 0.583. The number of amides is 1. The predicted octanol–water partition coefficient (Wildman–Crippen LogP) is 3.52. The summed E-state index contributed by atoms with van der Waals surface area (Å²) in [4.78, 5) is 24.2. The number of allylic oxidation sites excluding steroid dienone is 1. The molecule has 2 aliphatic heterocycles. The molecule has 2 aliphatic rings. The van der Waals surface area contributed by atoms with Crippen molar-refractivity contribution in [1.29, 1.82) is 0 Å². The van der Waals surface area contributed by atoms with Crippen LogP contribution in [0.1, 0.15) is 41.8 Å². The van der Waals surface area contributed by atoms with E-state index in [9.17, 15) is 23.1 Å². The molecule has 8 nitrogen and oxygen atoms in total. The summed E-state index contributed by atoms with van der Waals surface area (Å²) in [6.45, 7) is 5.34. The number of morpholine rings is 1. The number of hydrogen-bond donors (Lipinski definition) is 2. The van der Waals surface area contributed by atoms with Crippen molar-refractivity contribution in [1.82, 2.24) is 15.2 Å². The van der Waals surface area contributed by atoms with Gasteiger partial charge in [0, 0.05) is 49.2 Å². The van der Waals surface area contributed by atoms with E-state index in [0.717, 1.165) is 29.0 Å². The van der Waals surface area contributed by atoms with Crippen LogP contribution < -0.4 is 10.1 Å². The molecule has 2 aromatic rings. The van der Waals surface area contributed by atoms with Gasteiger partial charge in [-0.2, -0.15) is 13.2 Å². The van der Waals surface area contributed by atoms with Crippen molar-refractivity contribution < 1.29 is 32.5 Å². The number of carbonyl (C=O) groups excluding carboxylic acids is 1. The van der Waals surface area contributed by atoms with Crippen LogP contribution in [-0.4, -0.2) is 71.8 Å². The number of aliphatic imine (C=N–C) groups is 1. The minimum atomic E-state index is -4.56. The third kappa shape index (κ3) is 6.17. The number of aliphatic hydroxyl groups excluding tert-OH is 1. The van der Waals surface area contributed by atoms with Gasteiger partial charge in [-0.1, -0.05) is 6.07 Å². The SMILES string of the molecule is CC1=C(c2ccc(OC(C)CO)nc2)C[C@](NC(=O)c2cccc(C(F)(F)F)c2)(N2CCOCC2)C=N1. The Labute approximate surface area is 212 Å². The Bertz CT molecular complexity index is 1180. The van der Waals surface area contributed by atoms with Gasteiger partial charge in [-0.25, -0.2) is 4.98 Å². The predicted molar refractivity (Wildman–Crippen MR) is 131 cm³/mol. The van der Waals surface area contributed by atoms with E-state index < -0.39 is 29.4 Å². The monoisotopic (exact) mass is 518 g/mol. The van der Waals surface area contributed by atoms with Crippen LogP contribution in [-0.2, 0) is 10.9 Å². The number of aliphatic hydroxyl groups is 1. The maximum Gasteiger partial charge on any atom is 0.416 e. The van der Waals surface area contributed by atoms with Crippen molar-refractivity contribution >= 4 is 17.7 Å². The van der Waals surface area contributed by atoms with Crippen LogP contribution in [0, 0.1) is 0 Å². The number of nitrogens with zero attached hydrogens (tertiary/aromatic N) is 3. The van der Waals surface area contributed by atoms with Gasteiger partial charge < -0.3 is 19.9 Å². The lowest BCUT2D eigenvalue weighted by molar-refractivity contribution is -0.137. The smallest absolute Gasteiger partial charge is 0.416 e. The van der Waals surface area contributed by atoms with E-state index in [1.54, 1.807) is 25.4 Å². The van der Waals surface area contributed by atoms with Gasteiger partial charge in [0.1, 0.15) is 11.8 Å². The average Bonchev–Trinajstić information content (AvgIpc) is 2.90. The Morgan fingerprint density at radius 3 is 2.68 bits per heavy atom. The molecule has 0 aliphatic carbocycles. The van der Waals surface area contributed by atoms with Gasteiger partial charge in [-0.05, 0) is 49.2 Å². The number of aromatic nitrogens is 1. The maximum atomic E-state index is 13.3. The van der Waals surface area contributed by atoms with Crippen molar-refractivity contribution in [2.24, 2.45) is 4.99 Å². The third-order valence-corrected chi connectivity index (χ3v) is 6.38. The number of halogens is 3. The van der Waals surface area contributed by atoms with Crippen LogP contribution >= 0.6 is 0 Å². The summed E-state index contributed by atoms with van der Waals surface area (Å²) in [5, 5.41) is 12.2. The first-order valence-electron chi connectivity index (χ1n) is 11.9. The highest BCUT2D eigenvalue weighted by atomic mass is 19.4. The fourth-order valence-corrected chi connectivity index (χ4v) is 4.32. The van der Waals surface area contributed by atoms with E-state index in [2.05, 4.69) is 15.3 Å². The Hall–Kier alpha value is -3.28. The molecule has 0 radical (unpaired) electrons. The van der Waals surface area contributed by atoms with E-state index >= 15 is 0 Å². The van der Waals surface area contributed by atoms with Gasteiger partial charge in [-0.3, -0.25) is 14.7 Å². The number of nitrogens with one attached hydrogen (secondary N) is 1. The van der Waals surface area contributed by atoms with E-state index in [4.69, 9.17) is 9.47 Å². The van der Waals surface area contributed by atoms with Crippen molar-refractivity contribution in [2.75, 3.05) is 32.9 Å². The van der Waals surface area contributed by atoms with Crippen molar-refractivity contribution in [2.45, 2.75) is 38.2 Å². The molecule has 3 heterocycles. The number of hydrogen-bond acceptors (Lipinski definition) is 7. The molecule has 4 rings (SSSR count). The van der Waals surface area contributed by atoms with Crippen LogP contribution in [0.5, 0.6) is 5.88 Å². The lowest BCUT2D eigenvalue weighted by atomic mass is 9.90. The zero-order chi connectivity index (χ0) is 26.6. The van der Waals surface area contributed by atoms with E-state index in [0.29, 0.717) is 38.6 Å². The number of rotatable bonds is 7. The molecule has 1 aromatic heterocycles. The number of ether oxygens (including phenoxy) is 2. The van der Waals surface area contributed by atoms with Crippen LogP contribution in [0.25, 0.3) is 5.57 Å². The van der Waals surface area contributed by atoms with Crippen molar-refractivity contribution in [3.63, 3.8) is 0 Å². The number of pyridine rings is 1. The number of carbonyl (C=O) groups is 1. The summed E-state index contributed by atoms with van der Waals surface area (Å²) in [6.07, 6.45) is -1.36. The molecule has 1 unspecified atom stereocenters. The standard InChI is InChI=1S/C26H29F3N4O4/c1-17(15-34)37-23-7-6-20(14-30-23)22-13-25(16-31-18(22)2,33-8-10-36-11-9-33)32-24(35)19-4-3-5-21(12-19)26(27,28)29/h3-7,12,14,16-17,34H,8-11,13,15H2,1-2H3,(H,32,35)/t17?,25-/m0/s1. The molecule has 11 heteroatoms. The summed E-state index contributed by atoms with van der Waals surface area (Å²) >= 11 is 0. The van der Waals surface area contributed by atoms with Gasteiger partial charge in [0.15, 0.2) is 0 Å². The first-order chi connectivity index (χ1) is 17.6. The molecule has 198 valence electrons. The topological polar surface area (TPSA) is 96.3 Å². The zero-order valence-corrected chi connectivity index (χ0v) is 20.6. The van der Waals surface area contributed by atoms with Crippen LogP contribution in [0.15, 0.2) is 53.3 Å². The minimum absolute atomic E-state index is 0.0927. The average molecular weight is 519 g/mol. The summed E-state index contributed by atoms with van der Waals surface area (Å²) in [6, 6.07) is 7.87. The second-order valence-electron chi connectivity index (χ2n) is 9.05. The summed E-state index contributed by atoms with van der Waals surface area (Å²) < 4.78 is 50.8. The number of benzene rings is 1. The summed E-state index contributed by atoms with van der Waals surface area (Å²) in [5.41, 5.74) is 0.265. The molecule has 1 saturated heterocycles. The molecule has 1 aromatic carbocycles. The van der Waals surface area contributed by atoms with Gasteiger partial charge in [0.05, 0.1) is 25.4 Å². The molecule has 1 amide bonds. The first kappa shape index (κ1) is 26.8. The van der Waals surface area contributed by atoms with Crippen molar-refractivity contribution in [3.05, 3.63) is 65.0 Å². The Balaban J connectivity index is 1.63. The normalized spacial score (nSPS) is 21.6. The maximum absolute atomic E-state index is 13.3. The molecular formula is C26H29F3N4O4. The van der Waals surface area contributed by atoms with E-state index in [1.165, 1.54) is 12.1 Å². The zero-order valence-electron chi connectivity index (χ0n) is 20.6. The molecule has 0 saturated carbocycles. The Morgan fingerprint density at radius 2 is 2.03 bits per heavy atom. The third-order valence-electron chi connectivity index (χ3n) is 6.38. The minimum Gasteiger partial charge on any atom is -0.472 e. The highest BCUT2D eigenvalue weighted by molar-refractivity contribution is 5.98. The lowest BCUT2D eigenvalue weighted by Crippen LogP contribution is -2.65. The van der Waals surface area contributed by atoms with E-state index in [-0.39, 0.29) is 12.2 Å². The lowest BCUT2D eigenvalue weighted by Gasteiger charge is -2.45. The second-order valence-corrected chi connectivity index (χ2v) is 9.05. The van der Waals surface area contributed by atoms with Gasteiger partial charge in [-0.15, -0.1) is 0 Å². The highest BCUT2D eigenvalue weighted by Crippen LogP contribution is 2.35. The number of alkyl halides is 3. The summed E-state index contributed by atoms with van der Waals surface area (Å²) in [5.74, 6) is -0.275. The highest BCUT2D eigenvalue weighted by Gasteiger charge is 2.41. The molecule has 2 N–H and O–H groups in total.